The fourth-order valence-electron chi connectivity index (χ4n) is 5.42. The number of anilines is 1. The highest BCUT2D eigenvalue weighted by atomic mass is 19.1. The van der Waals surface area contributed by atoms with Gasteiger partial charge in [-0.15, -0.1) is 0 Å². The zero-order valence-corrected chi connectivity index (χ0v) is 17.9. The molecule has 6 rings (SSSR count). The Hall–Kier alpha value is -3.42. The standard InChI is InChI=1S/C26H23FN2O4/c27-19-7-3-1-5-17(19)26(31)29-13-21-25(18-6-2-4-8-20(18)29)22(14-30)28(21)12-16-9-10-23-24(11-16)33-15-32-23/h1-11,21-22,25,30H,12-15H2/t21-,22+,25+/m0/s1. The first kappa shape index (κ1) is 20.2. The number of likely N-dealkylation sites (tertiary alicyclic amines) is 1. The summed E-state index contributed by atoms with van der Waals surface area (Å²) in [5.74, 6) is 0.670. The highest BCUT2D eigenvalue weighted by Gasteiger charge is 2.53. The molecule has 0 bridgehead atoms. The number of hydrogen-bond donors (Lipinski definition) is 1. The SMILES string of the molecule is O=C(c1ccccc1F)N1C[C@H]2[C@@H](c3ccccc31)[C@@H](CO)N2Cc1ccc2c(c1)OCO2. The predicted molar refractivity (Wildman–Crippen MR) is 120 cm³/mol. The summed E-state index contributed by atoms with van der Waals surface area (Å²) in [5, 5.41) is 10.2. The molecule has 1 saturated heterocycles. The van der Waals surface area contributed by atoms with Crippen LogP contribution in [0.3, 0.4) is 0 Å². The number of fused-ring (bicyclic) bond motifs is 4. The molecule has 168 valence electrons. The molecule has 1 N–H and O–H groups in total. The third kappa shape index (κ3) is 3.19. The smallest absolute Gasteiger partial charge is 0.261 e. The summed E-state index contributed by atoms with van der Waals surface area (Å²) in [5.41, 5.74) is 2.90. The van der Waals surface area contributed by atoms with Crippen molar-refractivity contribution in [1.82, 2.24) is 4.90 Å². The Labute approximate surface area is 190 Å². The fourth-order valence-corrected chi connectivity index (χ4v) is 5.42. The molecule has 6 nitrogen and oxygen atoms in total. The van der Waals surface area contributed by atoms with Crippen molar-refractivity contribution >= 4 is 11.6 Å². The molecule has 3 aliphatic rings. The topological polar surface area (TPSA) is 62.2 Å². The number of para-hydroxylation sites is 1. The average Bonchev–Trinajstić information content (AvgIpc) is 3.30. The van der Waals surface area contributed by atoms with E-state index in [9.17, 15) is 14.3 Å². The van der Waals surface area contributed by atoms with Gasteiger partial charge >= 0.3 is 0 Å². The van der Waals surface area contributed by atoms with Gasteiger partial charge in [0.25, 0.3) is 5.91 Å². The molecule has 0 radical (unpaired) electrons. The van der Waals surface area contributed by atoms with E-state index in [2.05, 4.69) is 4.90 Å². The van der Waals surface area contributed by atoms with E-state index in [4.69, 9.17) is 9.47 Å². The van der Waals surface area contributed by atoms with E-state index >= 15 is 0 Å². The second-order valence-corrected chi connectivity index (χ2v) is 8.66. The Morgan fingerprint density at radius 2 is 1.82 bits per heavy atom. The lowest BCUT2D eigenvalue weighted by molar-refractivity contribution is -0.0488. The molecule has 3 aromatic rings. The Kier molecular flexibility index (Phi) is 4.81. The quantitative estimate of drug-likeness (QED) is 0.664. The van der Waals surface area contributed by atoms with Crippen molar-refractivity contribution in [2.75, 3.05) is 24.8 Å². The first-order valence-electron chi connectivity index (χ1n) is 11.1. The number of benzene rings is 3. The minimum atomic E-state index is -0.527. The summed E-state index contributed by atoms with van der Waals surface area (Å²) in [6.07, 6.45) is 0. The molecule has 3 heterocycles. The van der Waals surface area contributed by atoms with Gasteiger partial charge in [-0.3, -0.25) is 9.69 Å². The maximum absolute atomic E-state index is 14.4. The van der Waals surface area contributed by atoms with Gasteiger partial charge < -0.3 is 19.5 Å². The minimum absolute atomic E-state index is 0.0122. The van der Waals surface area contributed by atoms with Gasteiger partial charge in [-0.1, -0.05) is 36.4 Å². The third-order valence-corrected chi connectivity index (χ3v) is 6.98. The van der Waals surface area contributed by atoms with Crippen molar-refractivity contribution in [2.24, 2.45) is 0 Å². The number of nitrogens with zero attached hydrogens (tertiary/aromatic N) is 2. The van der Waals surface area contributed by atoms with Gasteiger partial charge in [0, 0.05) is 36.8 Å². The van der Waals surface area contributed by atoms with E-state index < -0.39 is 5.82 Å². The van der Waals surface area contributed by atoms with Crippen molar-refractivity contribution in [3.63, 3.8) is 0 Å². The number of hydrogen-bond acceptors (Lipinski definition) is 5. The van der Waals surface area contributed by atoms with E-state index in [1.807, 2.05) is 42.5 Å². The highest BCUT2D eigenvalue weighted by molar-refractivity contribution is 6.07. The van der Waals surface area contributed by atoms with Gasteiger partial charge in [-0.2, -0.15) is 0 Å². The molecule has 0 aromatic heterocycles. The molecule has 0 unspecified atom stereocenters. The van der Waals surface area contributed by atoms with Crippen LogP contribution in [0.2, 0.25) is 0 Å². The lowest BCUT2D eigenvalue weighted by Gasteiger charge is -2.59. The molecule has 1 fully saturated rings. The van der Waals surface area contributed by atoms with Gasteiger partial charge in [0.05, 0.1) is 12.2 Å². The van der Waals surface area contributed by atoms with Gasteiger partial charge in [0.1, 0.15) is 5.82 Å². The van der Waals surface area contributed by atoms with Crippen LogP contribution in [0.4, 0.5) is 10.1 Å². The summed E-state index contributed by atoms with van der Waals surface area (Å²) in [6.45, 7) is 1.26. The molecular formula is C26H23FN2O4. The Bertz CT molecular complexity index is 1230. The molecule has 0 saturated carbocycles. The summed E-state index contributed by atoms with van der Waals surface area (Å²) in [6, 6.07) is 19.6. The molecule has 3 aromatic carbocycles. The molecule has 0 spiro atoms. The van der Waals surface area contributed by atoms with Crippen molar-refractivity contribution in [1.29, 1.82) is 0 Å². The van der Waals surface area contributed by atoms with E-state index in [1.165, 1.54) is 12.1 Å². The molecular weight excluding hydrogens is 423 g/mol. The van der Waals surface area contributed by atoms with Crippen molar-refractivity contribution in [3.8, 4) is 11.5 Å². The number of rotatable bonds is 4. The summed E-state index contributed by atoms with van der Waals surface area (Å²) in [7, 11) is 0. The number of ether oxygens (including phenoxy) is 2. The largest absolute Gasteiger partial charge is 0.454 e. The lowest BCUT2D eigenvalue weighted by Crippen LogP contribution is -2.68. The maximum Gasteiger partial charge on any atom is 0.261 e. The van der Waals surface area contributed by atoms with Gasteiger partial charge in [-0.05, 0) is 41.5 Å². The number of aliphatic hydroxyl groups excluding tert-OH is 1. The number of aliphatic hydroxyl groups is 1. The van der Waals surface area contributed by atoms with Crippen LogP contribution in [-0.2, 0) is 6.54 Å². The Morgan fingerprint density at radius 3 is 2.67 bits per heavy atom. The van der Waals surface area contributed by atoms with E-state index in [-0.39, 0.29) is 42.9 Å². The van der Waals surface area contributed by atoms with Crippen LogP contribution >= 0.6 is 0 Å². The summed E-state index contributed by atoms with van der Waals surface area (Å²) in [4.78, 5) is 17.3. The van der Waals surface area contributed by atoms with Crippen molar-refractivity contribution in [2.45, 2.75) is 24.5 Å². The lowest BCUT2D eigenvalue weighted by atomic mass is 9.71. The number of carbonyl (C=O) groups is 1. The van der Waals surface area contributed by atoms with Crippen molar-refractivity contribution in [3.05, 3.63) is 89.2 Å². The van der Waals surface area contributed by atoms with Crippen LogP contribution in [0.25, 0.3) is 0 Å². The van der Waals surface area contributed by atoms with Crippen LogP contribution < -0.4 is 14.4 Å². The molecule has 33 heavy (non-hydrogen) atoms. The number of carbonyl (C=O) groups excluding carboxylic acids is 1. The molecule has 3 aliphatic heterocycles. The monoisotopic (exact) mass is 446 g/mol. The van der Waals surface area contributed by atoms with Gasteiger partial charge in [-0.25, -0.2) is 4.39 Å². The van der Waals surface area contributed by atoms with Gasteiger partial charge in [0.15, 0.2) is 11.5 Å². The predicted octanol–water partition coefficient (Wildman–Crippen LogP) is 3.54. The van der Waals surface area contributed by atoms with Gasteiger partial charge in [0.2, 0.25) is 6.79 Å². The fraction of sp³-hybridized carbons (Fsp3) is 0.269. The van der Waals surface area contributed by atoms with E-state index in [1.54, 1.807) is 17.0 Å². The zero-order valence-electron chi connectivity index (χ0n) is 17.9. The molecule has 0 aliphatic carbocycles. The molecule has 7 heteroatoms. The number of amides is 1. The van der Waals surface area contributed by atoms with E-state index in [0.717, 1.165) is 28.3 Å². The van der Waals surface area contributed by atoms with Crippen LogP contribution in [0.5, 0.6) is 11.5 Å². The first-order valence-corrected chi connectivity index (χ1v) is 11.1. The first-order chi connectivity index (χ1) is 16.2. The number of halogens is 1. The summed E-state index contributed by atoms with van der Waals surface area (Å²) < 4.78 is 25.4. The normalized spacial score (nSPS) is 23.0. The third-order valence-electron chi connectivity index (χ3n) is 6.98. The van der Waals surface area contributed by atoms with E-state index in [0.29, 0.717) is 13.1 Å². The zero-order chi connectivity index (χ0) is 22.5. The Balaban J connectivity index is 1.34. The maximum atomic E-state index is 14.4. The Morgan fingerprint density at radius 1 is 1.03 bits per heavy atom. The summed E-state index contributed by atoms with van der Waals surface area (Å²) >= 11 is 0. The highest BCUT2D eigenvalue weighted by Crippen LogP contribution is 2.49. The minimum Gasteiger partial charge on any atom is -0.454 e. The average molecular weight is 446 g/mol. The second kappa shape index (κ2) is 7.86. The molecule has 1 amide bonds. The van der Waals surface area contributed by atoms with Crippen LogP contribution in [0.15, 0.2) is 66.7 Å². The van der Waals surface area contributed by atoms with Crippen LogP contribution in [0, 0.1) is 5.82 Å². The second-order valence-electron chi connectivity index (χ2n) is 8.66. The van der Waals surface area contributed by atoms with Crippen molar-refractivity contribution < 1.29 is 23.8 Å². The van der Waals surface area contributed by atoms with Crippen LogP contribution in [-0.4, -0.2) is 47.9 Å². The van der Waals surface area contributed by atoms with Crippen LogP contribution in [0.1, 0.15) is 27.4 Å². The molecule has 3 atom stereocenters.